The van der Waals surface area contributed by atoms with Crippen molar-refractivity contribution in [3.8, 4) is 50.5 Å². The molecule has 0 aliphatic rings. The first-order valence-electron chi connectivity index (χ1n) is 19.4. The number of imidazole rings is 1. The SMILES string of the molecule is [2H]c1c([2H])c([2H])c2c(-c3ccc(-n4c(-c5ccccc5)nc5ccccc54)cc3)c3c([2H])c([2H])c([2H])c([2H])c3c(-c3ccc(-c4ccccc4)cc3)c2c1[2H]. The number of hydrogen-bond donors (Lipinski definition) is 0. The largest absolute Gasteiger partial charge is 0.292 e. The Morgan fingerprint density at radius 2 is 0.830 bits per heavy atom. The Hall–Kier alpha value is -6.25. The van der Waals surface area contributed by atoms with E-state index in [1.165, 1.54) is 0 Å². The van der Waals surface area contributed by atoms with Crippen LogP contribution in [0.15, 0.2) is 182 Å². The molecule has 2 heteroatoms. The number of nitrogens with zero attached hydrogens (tertiary/aromatic N) is 2. The Balaban J connectivity index is 1.36. The van der Waals surface area contributed by atoms with Crippen LogP contribution in [0, 0.1) is 0 Å². The van der Waals surface area contributed by atoms with Gasteiger partial charge in [0.1, 0.15) is 5.82 Å². The van der Waals surface area contributed by atoms with Crippen molar-refractivity contribution < 1.29 is 11.0 Å². The molecule has 0 saturated heterocycles. The van der Waals surface area contributed by atoms with Gasteiger partial charge in [-0.25, -0.2) is 4.98 Å². The molecule has 1 heterocycles. The van der Waals surface area contributed by atoms with Crippen molar-refractivity contribution in [2.75, 3.05) is 0 Å². The van der Waals surface area contributed by atoms with Gasteiger partial charge < -0.3 is 0 Å². The molecule has 0 amide bonds. The Labute approximate surface area is 285 Å². The van der Waals surface area contributed by atoms with Crippen LogP contribution >= 0.6 is 0 Å². The predicted molar refractivity (Wildman–Crippen MR) is 198 cm³/mol. The standard InChI is InChI=1S/C45H30N2/c1-3-13-31(14-4-1)32-23-25-33(26-24-32)43-37-17-7-9-19-39(37)44(40-20-10-8-18-38(40)43)34-27-29-36(30-28-34)47-42-22-12-11-21-41(42)46-45(47)35-15-5-2-6-16-35/h1-30H/i7D,8D,9D,10D,17D,18D,19D,20D. The average Bonchev–Trinajstić information content (AvgIpc) is 3.63. The normalized spacial score (nSPS) is 13.8. The van der Waals surface area contributed by atoms with Gasteiger partial charge in [0.05, 0.1) is 22.0 Å². The molecule has 0 bridgehead atoms. The lowest BCUT2D eigenvalue weighted by Gasteiger charge is -2.18. The van der Waals surface area contributed by atoms with Crippen molar-refractivity contribution in [3.63, 3.8) is 0 Å². The van der Waals surface area contributed by atoms with Crippen molar-refractivity contribution in [2.45, 2.75) is 0 Å². The van der Waals surface area contributed by atoms with Crippen molar-refractivity contribution in [2.24, 2.45) is 0 Å². The minimum absolute atomic E-state index is 0.177. The van der Waals surface area contributed by atoms with Crippen LogP contribution < -0.4 is 0 Å². The maximum atomic E-state index is 9.29. The first kappa shape index (κ1) is 20.0. The Kier molecular flexibility index (Phi) is 4.80. The number of fused-ring (bicyclic) bond motifs is 3. The van der Waals surface area contributed by atoms with Crippen LogP contribution in [0.4, 0.5) is 0 Å². The summed E-state index contributed by atoms with van der Waals surface area (Å²) in [7, 11) is 0. The number of hydrogen-bond acceptors (Lipinski definition) is 1. The summed E-state index contributed by atoms with van der Waals surface area (Å²) in [6, 6.07) is 39.7. The molecular weight excluding hydrogens is 569 g/mol. The zero-order valence-corrected chi connectivity index (χ0v) is 25.1. The van der Waals surface area contributed by atoms with E-state index in [0.29, 0.717) is 22.3 Å². The van der Waals surface area contributed by atoms with E-state index in [4.69, 9.17) is 10.5 Å². The average molecular weight is 607 g/mol. The molecule has 8 aromatic carbocycles. The summed E-state index contributed by atoms with van der Waals surface area (Å²) < 4.78 is 74.2. The molecule has 47 heavy (non-hydrogen) atoms. The minimum atomic E-state index is -0.432. The summed E-state index contributed by atoms with van der Waals surface area (Å²) >= 11 is 0. The van der Waals surface area contributed by atoms with Crippen molar-refractivity contribution in [3.05, 3.63) is 182 Å². The third kappa shape index (κ3) is 4.62. The molecule has 0 N–H and O–H groups in total. The highest BCUT2D eigenvalue weighted by atomic mass is 15.1. The van der Waals surface area contributed by atoms with Gasteiger partial charge in [0.15, 0.2) is 0 Å². The van der Waals surface area contributed by atoms with Crippen LogP contribution in [-0.2, 0) is 0 Å². The maximum Gasteiger partial charge on any atom is 0.145 e. The second-order valence-corrected chi connectivity index (χ2v) is 11.4. The zero-order valence-electron chi connectivity index (χ0n) is 33.1. The molecule has 0 atom stereocenters. The zero-order chi connectivity index (χ0) is 38.1. The van der Waals surface area contributed by atoms with Gasteiger partial charge in [0, 0.05) is 11.3 Å². The highest BCUT2D eigenvalue weighted by Gasteiger charge is 2.18. The molecule has 2 nitrogen and oxygen atoms in total. The fraction of sp³-hybridized carbons (Fsp3) is 0. The van der Waals surface area contributed by atoms with Crippen LogP contribution in [0.1, 0.15) is 11.0 Å². The molecule has 0 aliphatic heterocycles. The molecule has 1 aromatic heterocycles. The van der Waals surface area contributed by atoms with E-state index in [0.717, 1.165) is 39.2 Å². The fourth-order valence-corrected chi connectivity index (χ4v) is 6.51. The van der Waals surface area contributed by atoms with Gasteiger partial charge in [-0.15, -0.1) is 0 Å². The van der Waals surface area contributed by atoms with Crippen LogP contribution in [0.2, 0.25) is 0 Å². The molecule has 220 valence electrons. The summed E-state index contributed by atoms with van der Waals surface area (Å²) in [4.78, 5) is 4.96. The Bertz CT molecular complexity index is 2900. The number of para-hydroxylation sites is 2. The summed E-state index contributed by atoms with van der Waals surface area (Å²) in [5.41, 5.74) is 7.09. The molecular formula is C45H30N2. The number of rotatable bonds is 5. The molecule has 0 saturated carbocycles. The lowest BCUT2D eigenvalue weighted by Crippen LogP contribution is -1.97. The van der Waals surface area contributed by atoms with Gasteiger partial charge >= 0.3 is 0 Å². The van der Waals surface area contributed by atoms with Crippen molar-refractivity contribution in [1.82, 2.24) is 9.55 Å². The van der Waals surface area contributed by atoms with E-state index < -0.39 is 24.2 Å². The van der Waals surface area contributed by atoms with Gasteiger partial charge in [-0.05, 0) is 79.2 Å². The lowest BCUT2D eigenvalue weighted by atomic mass is 9.85. The molecule has 0 unspecified atom stereocenters. The topological polar surface area (TPSA) is 17.8 Å². The highest BCUT2D eigenvalue weighted by molar-refractivity contribution is 6.21. The highest BCUT2D eigenvalue weighted by Crippen LogP contribution is 2.44. The minimum Gasteiger partial charge on any atom is -0.292 e. The fourth-order valence-electron chi connectivity index (χ4n) is 6.51. The van der Waals surface area contributed by atoms with Gasteiger partial charge in [-0.1, -0.05) is 158 Å². The van der Waals surface area contributed by atoms with Gasteiger partial charge in [0.2, 0.25) is 0 Å². The van der Waals surface area contributed by atoms with Gasteiger partial charge in [-0.3, -0.25) is 4.57 Å². The third-order valence-corrected chi connectivity index (χ3v) is 8.66. The summed E-state index contributed by atoms with van der Waals surface area (Å²) in [5.74, 6) is 0.747. The van der Waals surface area contributed by atoms with E-state index in [1.54, 1.807) is 0 Å². The van der Waals surface area contributed by atoms with Crippen LogP contribution in [-0.4, -0.2) is 9.55 Å². The lowest BCUT2D eigenvalue weighted by molar-refractivity contribution is 1.10. The quantitative estimate of drug-likeness (QED) is 0.178. The van der Waals surface area contributed by atoms with E-state index in [9.17, 15) is 5.48 Å². The van der Waals surface area contributed by atoms with Crippen molar-refractivity contribution in [1.29, 1.82) is 0 Å². The Morgan fingerprint density at radius 3 is 1.38 bits per heavy atom. The molecule has 0 spiro atoms. The van der Waals surface area contributed by atoms with Gasteiger partial charge in [0.25, 0.3) is 0 Å². The number of aromatic nitrogens is 2. The smallest absolute Gasteiger partial charge is 0.145 e. The number of benzene rings is 8. The monoisotopic (exact) mass is 606 g/mol. The third-order valence-electron chi connectivity index (χ3n) is 8.66. The summed E-state index contributed by atoms with van der Waals surface area (Å²) in [6.07, 6.45) is 0. The Morgan fingerprint density at radius 1 is 0.404 bits per heavy atom. The van der Waals surface area contributed by atoms with E-state index in [1.807, 2.05) is 133 Å². The van der Waals surface area contributed by atoms with Gasteiger partial charge in [-0.2, -0.15) is 0 Å². The second kappa shape index (κ2) is 11.3. The molecule has 9 rings (SSSR count). The van der Waals surface area contributed by atoms with Crippen LogP contribution in [0.5, 0.6) is 0 Å². The van der Waals surface area contributed by atoms with E-state index in [-0.39, 0.29) is 45.7 Å². The predicted octanol–water partition coefficient (Wildman–Crippen LogP) is 12.0. The molecule has 0 fully saturated rings. The summed E-state index contributed by atoms with van der Waals surface area (Å²) in [5, 5.41) is 0.719. The molecule has 0 aliphatic carbocycles. The van der Waals surface area contributed by atoms with Crippen LogP contribution in [0.3, 0.4) is 0 Å². The summed E-state index contributed by atoms with van der Waals surface area (Å²) in [6.45, 7) is 0. The maximum absolute atomic E-state index is 9.29. The first-order chi connectivity index (χ1) is 26.7. The second-order valence-electron chi connectivity index (χ2n) is 11.4. The molecule has 0 radical (unpaired) electrons. The van der Waals surface area contributed by atoms with E-state index in [2.05, 4.69) is 4.57 Å². The van der Waals surface area contributed by atoms with Crippen LogP contribution in [0.25, 0.3) is 83.0 Å². The van der Waals surface area contributed by atoms with E-state index >= 15 is 0 Å². The molecule has 9 aromatic rings. The van der Waals surface area contributed by atoms with Crippen molar-refractivity contribution >= 4 is 32.6 Å². The first-order valence-corrected chi connectivity index (χ1v) is 15.4.